The Kier molecular flexibility index (Phi) is 5.86. The zero-order valence-corrected chi connectivity index (χ0v) is 16.4. The van der Waals surface area contributed by atoms with Crippen molar-refractivity contribution in [2.24, 2.45) is 0 Å². The zero-order chi connectivity index (χ0) is 19.4. The van der Waals surface area contributed by atoms with Gasteiger partial charge in [-0.25, -0.2) is 0 Å². The first-order valence-corrected chi connectivity index (χ1v) is 8.95. The highest BCUT2D eigenvalue weighted by Gasteiger charge is 2.13. The normalized spacial score (nSPS) is 10.8. The Hall–Kier alpha value is -2.73. The van der Waals surface area contributed by atoms with Gasteiger partial charge in [0.1, 0.15) is 0 Å². The van der Waals surface area contributed by atoms with Gasteiger partial charge in [0.15, 0.2) is 11.5 Å². The van der Waals surface area contributed by atoms with Gasteiger partial charge in [-0.2, -0.15) is 5.10 Å². The van der Waals surface area contributed by atoms with Crippen molar-refractivity contribution in [2.45, 2.75) is 19.5 Å². The van der Waals surface area contributed by atoms with Crippen LogP contribution in [0.3, 0.4) is 0 Å². The Balaban J connectivity index is 1.62. The van der Waals surface area contributed by atoms with Crippen LogP contribution < -0.4 is 9.47 Å². The molecule has 27 heavy (non-hydrogen) atoms. The van der Waals surface area contributed by atoms with Crippen LogP contribution in [0.2, 0.25) is 5.02 Å². The van der Waals surface area contributed by atoms with E-state index in [-0.39, 0.29) is 5.91 Å². The van der Waals surface area contributed by atoms with Crippen molar-refractivity contribution < 1.29 is 14.3 Å². The molecular weight excluding hydrogens is 366 g/mol. The van der Waals surface area contributed by atoms with Gasteiger partial charge in [-0.1, -0.05) is 17.7 Å². The molecule has 3 aromatic rings. The Morgan fingerprint density at radius 1 is 1.15 bits per heavy atom. The number of amides is 1. The van der Waals surface area contributed by atoms with Crippen molar-refractivity contribution in [3.8, 4) is 11.5 Å². The molecule has 2 aromatic carbocycles. The smallest absolute Gasteiger partial charge is 0.224 e. The molecule has 3 rings (SSSR count). The lowest BCUT2D eigenvalue weighted by molar-refractivity contribution is -0.130. The third-order valence-corrected chi connectivity index (χ3v) is 4.67. The maximum atomic E-state index is 12.5. The van der Waals surface area contributed by atoms with Crippen LogP contribution in [0, 0.1) is 0 Å². The number of fused-ring (bicyclic) bond motifs is 1. The SMILES string of the molecule is COc1ccc(CN(C)C(=O)CCn2ncc3cc(Cl)ccc32)cc1OC. The van der Waals surface area contributed by atoms with Crippen LogP contribution >= 0.6 is 11.6 Å². The summed E-state index contributed by atoms with van der Waals surface area (Å²) in [6, 6.07) is 11.3. The van der Waals surface area contributed by atoms with Crippen LogP contribution in [0.5, 0.6) is 11.5 Å². The second kappa shape index (κ2) is 8.31. The number of aromatic nitrogens is 2. The van der Waals surface area contributed by atoms with E-state index in [1.54, 1.807) is 32.4 Å². The summed E-state index contributed by atoms with van der Waals surface area (Å²) in [7, 11) is 4.98. The molecule has 0 aliphatic rings. The summed E-state index contributed by atoms with van der Waals surface area (Å²) in [5.74, 6) is 1.36. The Labute approximate surface area is 163 Å². The predicted octanol–water partition coefficient (Wildman–Crippen LogP) is 3.76. The Bertz CT molecular complexity index is 955. The molecule has 0 bridgehead atoms. The molecule has 1 aromatic heterocycles. The first kappa shape index (κ1) is 19.0. The number of hydrogen-bond donors (Lipinski definition) is 0. The van der Waals surface area contributed by atoms with Crippen LogP contribution in [0.1, 0.15) is 12.0 Å². The van der Waals surface area contributed by atoms with Gasteiger partial charge in [0.25, 0.3) is 0 Å². The molecule has 0 aliphatic heterocycles. The van der Waals surface area contributed by atoms with Gasteiger partial charge in [-0.3, -0.25) is 9.48 Å². The molecule has 0 atom stereocenters. The molecule has 7 heteroatoms. The Morgan fingerprint density at radius 3 is 2.67 bits per heavy atom. The first-order valence-electron chi connectivity index (χ1n) is 8.57. The molecule has 6 nitrogen and oxygen atoms in total. The van der Waals surface area contributed by atoms with E-state index in [0.717, 1.165) is 16.5 Å². The van der Waals surface area contributed by atoms with E-state index in [1.165, 1.54) is 0 Å². The van der Waals surface area contributed by atoms with Crippen LogP contribution in [0.4, 0.5) is 0 Å². The molecular formula is C20H22ClN3O3. The second-order valence-electron chi connectivity index (χ2n) is 6.26. The van der Waals surface area contributed by atoms with E-state index in [9.17, 15) is 4.79 Å². The predicted molar refractivity (Wildman–Crippen MR) is 105 cm³/mol. The molecule has 0 radical (unpaired) electrons. The molecule has 0 spiro atoms. The quantitative estimate of drug-likeness (QED) is 0.619. The summed E-state index contributed by atoms with van der Waals surface area (Å²) in [4.78, 5) is 14.2. The summed E-state index contributed by atoms with van der Waals surface area (Å²) in [5.41, 5.74) is 1.94. The average molecular weight is 388 g/mol. The van der Waals surface area contributed by atoms with Crippen molar-refractivity contribution in [1.82, 2.24) is 14.7 Å². The van der Waals surface area contributed by atoms with Crippen molar-refractivity contribution >= 4 is 28.4 Å². The van der Waals surface area contributed by atoms with Gasteiger partial charge < -0.3 is 14.4 Å². The largest absolute Gasteiger partial charge is 0.493 e. The number of hydrogen-bond acceptors (Lipinski definition) is 4. The van der Waals surface area contributed by atoms with E-state index in [1.807, 2.05) is 41.1 Å². The molecule has 0 saturated heterocycles. The number of ether oxygens (including phenoxy) is 2. The van der Waals surface area contributed by atoms with Crippen LogP contribution in [-0.2, 0) is 17.9 Å². The standard InChI is InChI=1S/C20H22ClN3O3/c1-23(13-14-4-7-18(26-2)19(10-14)27-3)20(25)8-9-24-17-6-5-16(21)11-15(17)12-22-24/h4-7,10-12H,8-9,13H2,1-3H3. The second-order valence-corrected chi connectivity index (χ2v) is 6.70. The van der Waals surface area contributed by atoms with E-state index in [0.29, 0.717) is 36.0 Å². The van der Waals surface area contributed by atoms with Crippen LogP contribution in [0.25, 0.3) is 10.9 Å². The van der Waals surface area contributed by atoms with Crippen LogP contribution in [0.15, 0.2) is 42.6 Å². The maximum absolute atomic E-state index is 12.5. The molecule has 1 heterocycles. The minimum atomic E-state index is 0.0439. The van der Waals surface area contributed by atoms with E-state index >= 15 is 0 Å². The molecule has 0 saturated carbocycles. The van der Waals surface area contributed by atoms with Gasteiger partial charge in [0, 0.05) is 30.4 Å². The van der Waals surface area contributed by atoms with Crippen molar-refractivity contribution in [2.75, 3.05) is 21.3 Å². The van der Waals surface area contributed by atoms with E-state index in [4.69, 9.17) is 21.1 Å². The molecule has 0 aliphatic carbocycles. The van der Waals surface area contributed by atoms with Gasteiger partial charge in [-0.15, -0.1) is 0 Å². The van der Waals surface area contributed by atoms with Gasteiger partial charge >= 0.3 is 0 Å². The molecule has 0 N–H and O–H groups in total. The van der Waals surface area contributed by atoms with Gasteiger partial charge in [0.05, 0.1) is 32.5 Å². The number of rotatable bonds is 7. The van der Waals surface area contributed by atoms with Gasteiger partial charge in [-0.05, 0) is 35.9 Å². The third kappa shape index (κ3) is 4.34. The summed E-state index contributed by atoms with van der Waals surface area (Å²) in [6.07, 6.45) is 2.13. The number of benzene rings is 2. The number of carbonyl (C=O) groups is 1. The first-order chi connectivity index (χ1) is 13.0. The molecule has 0 unspecified atom stereocenters. The highest BCUT2D eigenvalue weighted by molar-refractivity contribution is 6.31. The summed E-state index contributed by atoms with van der Waals surface area (Å²) >= 11 is 6.00. The van der Waals surface area contributed by atoms with Crippen molar-refractivity contribution in [3.63, 3.8) is 0 Å². The number of halogens is 1. The highest BCUT2D eigenvalue weighted by Crippen LogP contribution is 2.28. The Morgan fingerprint density at radius 2 is 1.93 bits per heavy atom. The van der Waals surface area contributed by atoms with Crippen molar-refractivity contribution in [1.29, 1.82) is 0 Å². The fourth-order valence-electron chi connectivity index (χ4n) is 2.97. The summed E-state index contributed by atoms with van der Waals surface area (Å²) < 4.78 is 12.4. The number of aryl methyl sites for hydroxylation is 1. The fraction of sp³-hybridized carbons (Fsp3) is 0.300. The fourth-order valence-corrected chi connectivity index (χ4v) is 3.15. The average Bonchev–Trinajstić information content (AvgIpc) is 3.07. The summed E-state index contributed by atoms with van der Waals surface area (Å²) in [6.45, 7) is 1.01. The number of methoxy groups -OCH3 is 2. The van der Waals surface area contributed by atoms with E-state index < -0.39 is 0 Å². The van der Waals surface area contributed by atoms with Gasteiger partial charge in [0.2, 0.25) is 5.91 Å². The minimum Gasteiger partial charge on any atom is -0.493 e. The van der Waals surface area contributed by atoms with Crippen molar-refractivity contribution in [3.05, 3.63) is 53.2 Å². The minimum absolute atomic E-state index is 0.0439. The number of carbonyl (C=O) groups excluding carboxylic acids is 1. The van der Waals surface area contributed by atoms with Crippen LogP contribution in [-0.4, -0.2) is 41.9 Å². The monoisotopic (exact) mass is 387 g/mol. The van der Waals surface area contributed by atoms with E-state index in [2.05, 4.69) is 5.10 Å². The molecule has 1 amide bonds. The lowest BCUT2D eigenvalue weighted by Gasteiger charge is -2.18. The summed E-state index contributed by atoms with van der Waals surface area (Å²) in [5, 5.41) is 5.99. The lowest BCUT2D eigenvalue weighted by Crippen LogP contribution is -2.27. The topological polar surface area (TPSA) is 56.6 Å². The molecule has 142 valence electrons. The lowest BCUT2D eigenvalue weighted by atomic mass is 10.2. The maximum Gasteiger partial charge on any atom is 0.224 e. The number of nitrogens with zero attached hydrogens (tertiary/aromatic N) is 3. The highest BCUT2D eigenvalue weighted by atomic mass is 35.5. The molecule has 0 fully saturated rings. The third-order valence-electron chi connectivity index (χ3n) is 4.43. The zero-order valence-electron chi connectivity index (χ0n) is 15.6.